The Hall–Kier alpha value is -2.91. The van der Waals surface area contributed by atoms with Gasteiger partial charge in [-0.05, 0) is 61.7 Å². The van der Waals surface area contributed by atoms with Gasteiger partial charge in [-0.1, -0.05) is 12.1 Å². The van der Waals surface area contributed by atoms with Gasteiger partial charge in [-0.3, -0.25) is 9.59 Å². The van der Waals surface area contributed by atoms with Gasteiger partial charge in [0.1, 0.15) is 5.75 Å². The van der Waals surface area contributed by atoms with E-state index in [0.29, 0.717) is 11.4 Å². The summed E-state index contributed by atoms with van der Waals surface area (Å²) in [7, 11) is -2.33. The molecule has 0 saturated carbocycles. The van der Waals surface area contributed by atoms with Crippen LogP contribution in [0.2, 0.25) is 0 Å². The normalized spacial score (nSPS) is 11.0. The first kappa shape index (κ1) is 22.4. The van der Waals surface area contributed by atoms with E-state index in [2.05, 4.69) is 15.4 Å². The van der Waals surface area contributed by atoms with Gasteiger partial charge >= 0.3 is 0 Å². The molecule has 0 spiro atoms. The minimum absolute atomic E-state index is 0.0812. The van der Waals surface area contributed by atoms with E-state index >= 15 is 0 Å². The highest BCUT2D eigenvalue weighted by Crippen LogP contribution is 2.24. The van der Waals surface area contributed by atoms with Crippen LogP contribution in [0.1, 0.15) is 16.7 Å². The summed E-state index contributed by atoms with van der Waals surface area (Å²) in [5.74, 6) is -0.584. The fraction of sp³-hybridized carbons (Fsp3) is 0.300. The Morgan fingerprint density at radius 2 is 1.66 bits per heavy atom. The standard InChI is InChI=1S/C20H25N3O5S/c1-13-5-8-18(28-4)17(9-13)23-20(25)11-21-19(24)12-22-29(26,27)16-7-6-14(2)15(3)10-16/h5-10,22H,11-12H2,1-4H3,(H,21,24)(H,23,25). The fourth-order valence-corrected chi connectivity index (χ4v) is 3.55. The smallest absolute Gasteiger partial charge is 0.243 e. The molecule has 2 amide bonds. The molecule has 0 unspecified atom stereocenters. The van der Waals surface area contributed by atoms with Crippen LogP contribution in [0.15, 0.2) is 41.3 Å². The molecule has 0 atom stereocenters. The second-order valence-electron chi connectivity index (χ2n) is 6.60. The maximum Gasteiger partial charge on any atom is 0.243 e. The Morgan fingerprint density at radius 3 is 2.31 bits per heavy atom. The predicted molar refractivity (Wildman–Crippen MR) is 110 cm³/mol. The van der Waals surface area contributed by atoms with Gasteiger partial charge in [0.25, 0.3) is 0 Å². The van der Waals surface area contributed by atoms with E-state index in [1.807, 2.05) is 26.8 Å². The summed E-state index contributed by atoms with van der Waals surface area (Å²) < 4.78 is 32.0. The molecule has 3 N–H and O–H groups in total. The maximum atomic E-state index is 12.3. The van der Waals surface area contributed by atoms with E-state index in [0.717, 1.165) is 16.7 Å². The Bertz CT molecular complexity index is 1020. The highest BCUT2D eigenvalue weighted by molar-refractivity contribution is 7.89. The highest BCUT2D eigenvalue weighted by Gasteiger charge is 2.16. The van der Waals surface area contributed by atoms with Crippen LogP contribution in [0.25, 0.3) is 0 Å². The number of rotatable bonds is 8. The number of aryl methyl sites for hydroxylation is 3. The molecular weight excluding hydrogens is 394 g/mol. The van der Waals surface area contributed by atoms with Gasteiger partial charge in [-0.25, -0.2) is 13.1 Å². The first-order chi connectivity index (χ1) is 13.6. The highest BCUT2D eigenvalue weighted by atomic mass is 32.2. The Morgan fingerprint density at radius 1 is 0.931 bits per heavy atom. The van der Waals surface area contributed by atoms with Gasteiger partial charge in [0.2, 0.25) is 21.8 Å². The first-order valence-electron chi connectivity index (χ1n) is 8.90. The van der Waals surface area contributed by atoms with Crippen molar-refractivity contribution in [2.24, 2.45) is 0 Å². The lowest BCUT2D eigenvalue weighted by Gasteiger charge is -2.12. The monoisotopic (exact) mass is 419 g/mol. The SMILES string of the molecule is COc1ccc(C)cc1NC(=O)CNC(=O)CNS(=O)(=O)c1ccc(C)c(C)c1. The lowest BCUT2D eigenvalue weighted by Crippen LogP contribution is -2.40. The molecule has 2 aromatic carbocycles. The molecule has 2 aromatic rings. The van der Waals surface area contributed by atoms with Gasteiger partial charge in [-0.15, -0.1) is 0 Å². The van der Waals surface area contributed by atoms with Gasteiger partial charge in [0, 0.05) is 0 Å². The minimum Gasteiger partial charge on any atom is -0.495 e. The Kier molecular flexibility index (Phi) is 7.35. The summed E-state index contributed by atoms with van der Waals surface area (Å²) in [6.45, 7) is 4.78. The minimum atomic E-state index is -3.82. The van der Waals surface area contributed by atoms with Crippen molar-refractivity contribution in [1.29, 1.82) is 0 Å². The van der Waals surface area contributed by atoms with Crippen LogP contribution < -0.4 is 20.1 Å². The summed E-state index contributed by atoms with van der Waals surface area (Å²) in [4.78, 5) is 24.1. The van der Waals surface area contributed by atoms with E-state index in [1.54, 1.807) is 18.2 Å². The molecule has 0 bridgehead atoms. The third-order valence-electron chi connectivity index (χ3n) is 4.29. The second-order valence-corrected chi connectivity index (χ2v) is 8.37. The molecule has 0 aliphatic carbocycles. The zero-order chi connectivity index (χ0) is 21.6. The van der Waals surface area contributed by atoms with Gasteiger partial charge in [-0.2, -0.15) is 0 Å². The molecule has 2 rings (SSSR count). The maximum absolute atomic E-state index is 12.3. The van der Waals surface area contributed by atoms with Gasteiger partial charge < -0.3 is 15.4 Å². The van der Waals surface area contributed by atoms with E-state index in [9.17, 15) is 18.0 Å². The number of benzene rings is 2. The number of nitrogens with one attached hydrogen (secondary N) is 3. The molecule has 0 heterocycles. The fourth-order valence-electron chi connectivity index (χ4n) is 2.48. The molecule has 156 valence electrons. The number of carbonyl (C=O) groups is 2. The van der Waals surface area contributed by atoms with E-state index in [4.69, 9.17) is 4.74 Å². The van der Waals surface area contributed by atoms with Crippen LogP contribution in [0, 0.1) is 20.8 Å². The summed E-state index contributed by atoms with van der Waals surface area (Å²) in [6, 6.07) is 10.0. The molecule has 0 fully saturated rings. The van der Waals surface area contributed by atoms with E-state index in [-0.39, 0.29) is 11.4 Å². The number of ether oxygens (including phenoxy) is 1. The summed E-state index contributed by atoms with van der Waals surface area (Å²) in [6.07, 6.45) is 0. The second kappa shape index (κ2) is 9.53. The van der Waals surface area contributed by atoms with Crippen molar-refractivity contribution >= 4 is 27.5 Å². The number of methoxy groups -OCH3 is 1. The molecule has 29 heavy (non-hydrogen) atoms. The molecule has 0 aliphatic rings. The van der Waals surface area contributed by atoms with Gasteiger partial charge in [0.05, 0.1) is 30.8 Å². The topological polar surface area (TPSA) is 114 Å². The number of sulfonamides is 1. The van der Waals surface area contributed by atoms with Crippen LogP contribution in [0.4, 0.5) is 5.69 Å². The van der Waals surface area contributed by atoms with Crippen LogP contribution in [-0.2, 0) is 19.6 Å². The molecule has 0 aromatic heterocycles. The number of amides is 2. The number of anilines is 1. The third kappa shape index (κ3) is 6.30. The van der Waals surface area contributed by atoms with Crippen LogP contribution >= 0.6 is 0 Å². The first-order valence-corrected chi connectivity index (χ1v) is 10.4. The van der Waals surface area contributed by atoms with Crippen molar-refractivity contribution in [2.75, 3.05) is 25.5 Å². The van der Waals surface area contributed by atoms with Gasteiger partial charge in [0.15, 0.2) is 0 Å². The number of hydrogen-bond acceptors (Lipinski definition) is 5. The van der Waals surface area contributed by atoms with Crippen molar-refractivity contribution in [3.05, 3.63) is 53.1 Å². The van der Waals surface area contributed by atoms with Crippen molar-refractivity contribution in [3.8, 4) is 5.75 Å². The van der Waals surface area contributed by atoms with E-state index in [1.165, 1.54) is 19.2 Å². The van der Waals surface area contributed by atoms with Crippen molar-refractivity contribution in [2.45, 2.75) is 25.7 Å². The van der Waals surface area contributed by atoms with Crippen molar-refractivity contribution < 1.29 is 22.7 Å². The average Bonchev–Trinajstić information content (AvgIpc) is 2.67. The zero-order valence-electron chi connectivity index (χ0n) is 16.8. The summed E-state index contributed by atoms with van der Waals surface area (Å²) >= 11 is 0. The zero-order valence-corrected chi connectivity index (χ0v) is 17.6. The summed E-state index contributed by atoms with van der Waals surface area (Å²) in [5, 5.41) is 5.03. The Labute approximate surface area is 170 Å². The van der Waals surface area contributed by atoms with Crippen LogP contribution in [-0.4, -0.2) is 40.4 Å². The van der Waals surface area contributed by atoms with Crippen molar-refractivity contribution in [1.82, 2.24) is 10.0 Å². The lowest BCUT2D eigenvalue weighted by atomic mass is 10.1. The van der Waals surface area contributed by atoms with Crippen molar-refractivity contribution in [3.63, 3.8) is 0 Å². The third-order valence-corrected chi connectivity index (χ3v) is 5.69. The molecule has 8 nitrogen and oxygen atoms in total. The summed E-state index contributed by atoms with van der Waals surface area (Å²) in [5.41, 5.74) is 3.23. The lowest BCUT2D eigenvalue weighted by molar-refractivity contribution is -0.123. The largest absolute Gasteiger partial charge is 0.495 e. The number of hydrogen-bond donors (Lipinski definition) is 3. The Balaban J connectivity index is 1.87. The van der Waals surface area contributed by atoms with Crippen LogP contribution in [0.5, 0.6) is 5.75 Å². The quantitative estimate of drug-likeness (QED) is 0.602. The molecule has 0 radical (unpaired) electrons. The molecule has 9 heteroatoms. The number of carbonyl (C=O) groups excluding carboxylic acids is 2. The molecular formula is C20H25N3O5S. The molecule has 0 saturated heterocycles. The average molecular weight is 420 g/mol. The predicted octanol–water partition coefficient (Wildman–Crippen LogP) is 1.65. The molecule has 0 aliphatic heterocycles. The van der Waals surface area contributed by atoms with Crippen LogP contribution in [0.3, 0.4) is 0 Å². The van der Waals surface area contributed by atoms with E-state index < -0.39 is 28.4 Å².